The number of aromatic nitrogens is 1. The van der Waals surface area contributed by atoms with Gasteiger partial charge in [-0.15, -0.1) is 11.8 Å². The maximum Gasteiger partial charge on any atom is 0.141 e. The van der Waals surface area contributed by atoms with Crippen molar-refractivity contribution in [3.63, 3.8) is 0 Å². The van der Waals surface area contributed by atoms with E-state index in [0.29, 0.717) is 12.0 Å². The normalized spacial score (nSPS) is 15.7. The first kappa shape index (κ1) is 10.8. The van der Waals surface area contributed by atoms with Crippen LogP contribution in [0.1, 0.15) is 38.2 Å². The number of hydrogen-bond donors (Lipinski definition) is 0. The molecule has 1 saturated carbocycles. The van der Waals surface area contributed by atoms with Crippen LogP contribution in [0.25, 0.3) is 0 Å². The number of thioether (sulfide) groups is 1. The molecule has 1 heterocycles. The lowest BCUT2D eigenvalue weighted by Crippen LogP contribution is -2.02. The van der Waals surface area contributed by atoms with Crippen LogP contribution in [0.3, 0.4) is 0 Å². The minimum Gasteiger partial charge on any atom is -0.489 e. The molecule has 0 bridgehead atoms. The lowest BCUT2D eigenvalue weighted by atomic mass is 10.0. The third-order valence-electron chi connectivity index (χ3n) is 2.52. The van der Waals surface area contributed by atoms with Gasteiger partial charge in [-0.1, -0.05) is 13.8 Å². The zero-order valence-corrected chi connectivity index (χ0v) is 10.3. The zero-order valence-electron chi connectivity index (χ0n) is 9.49. The average molecular weight is 223 g/mol. The van der Waals surface area contributed by atoms with Crippen molar-refractivity contribution in [2.75, 3.05) is 6.26 Å². The van der Waals surface area contributed by atoms with E-state index < -0.39 is 0 Å². The van der Waals surface area contributed by atoms with Crippen LogP contribution in [-0.4, -0.2) is 17.3 Å². The summed E-state index contributed by atoms with van der Waals surface area (Å²) in [6.07, 6.45) is 6.76. The second-order valence-corrected chi connectivity index (χ2v) is 5.06. The molecule has 0 saturated heterocycles. The molecule has 0 aliphatic heterocycles. The standard InChI is InChI=1S/C12H17NOS/c1-8(2)10-6-12(15-3)13-7-11(10)14-9-4-5-9/h6-9H,4-5H2,1-3H3. The predicted molar refractivity (Wildman–Crippen MR) is 63.8 cm³/mol. The molecule has 82 valence electrons. The minimum atomic E-state index is 0.449. The molecule has 0 N–H and O–H groups in total. The van der Waals surface area contributed by atoms with Gasteiger partial charge >= 0.3 is 0 Å². The minimum absolute atomic E-state index is 0.449. The highest BCUT2D eigenvalue weighted by Gasteiger charge is 2.25. The number of ether oxygens (including phenoxy) is 1. The Kier molecular flexibility index (Phi) is 3.19. The van der Waals surface area contributed by atoms with Crippen molar-refractivity contribution in [2.45, 2.75) is 43.7 Å². The lowest BCUT2D eigenvalue weighted by Gasteiger charge is -2.13. The summed E-state index contributed by atoms with van der Waals surface area (Å²) >= 11 is 1.68. The van der Waals surface area contributed by atoms with Gasteiger partial charge in [-0.3, -0.25) is 0 Å². The van der Waals surface area contributed by atoms with E-state index in [-0.39, 0.29) is 0 Å². The molecule has 3 heteroatoms. The fraction of sp³-hybridized carbons (Fsp3) is 0.583. The summed E-state index contributed by atoms with van der Waals surface area (Å²) in [5.74, 6) is 1.47. The quantitative estimate of drug-likeness (QED) is 0.730. The van der Waals surface area contributed by atoms with Crippen molar-refractivity contribution in [1.82, 2.24) is 4.98 Å². The highest BCUT2D eigenvalue weighted by atomic mass is 32.2. The van der Waals surface area contributed by atoms with Gasteiger partial charge < -0.3 is 4.74 Å². The topological polar surface area (TPSA) is 22.1 Å². The summed E-state index contributed by atoms with van der Waals surface area (Å²) in [6, 6.07) is 2.15. The Balaban J connectivity index is 2.25. The smallest absolute Gasteiger partial charge is 0.141 e. The van der Waals surface area contributed by atoms with Gasteiger partial charge in [0.05, 0.1) is 17.3 Å². The molecule has 0 atom stereocenters. The third-order valence-corrected chi connectivity index (χ3v) is 3.16. The average Bonchev–Trinajstić information content (AvgIpc) is 3.02. The highest BCUT2D eigenvalue weighted by molar-refractivity contribution is 7.98. The molecule has 15 heavy (non-hydrogen) atoms. The van der Waals surface area contributed by atoms with Crippen LogP contribution in [-0.2, 0) is 0 Å². The highest BCUT2D eigenvalue weighted by Crippen LogP contribution is 2.33. The van der Waals surface area contributed by atoms with Gasteiger partial charge in [0.1, 0.15) is 5.75 Å². The summed E-state index contributed by atoms with van der Waals surface area (Å²) in [5.41, 5.74) is 1.28. The molecule has 2 rings (SSSR count). The first-order valence-electron chi connectivity index (χ1n) is 5.41. The van der Waals surface area contributed by atoms with Crippen molar-refractivity contribution in [2.24, 2.45) is 0 Å². The molecule has 0 amide bonds. The molecule has 0 radical (unpaired) electrons. The van der Waals surface area contributed by atoms with E-state index in [9.17, 15) is 0 Å². The van der Waals surface area contributed by atoms with Gasteiger partial charge in [0.25, 0.3) is 0 Å². The lowest BCUT2D eigenvalue weighted by molar-refractivity contribution is 0.297. The maximum absolute atomic E-state index is 5.85. The first-order chi connectivity index (χ1) is 7.20. The Morgan fingerprint density at radius 1 is 1.47 bits per heavy atom. The Labute approximate surface area is 95.4 Å². The molecule has 1 aliphatic rings. The van der Waals surface area contributed by atoms with E-state index in [1.54, 1.807) is 11.8 Å². The Morgan fingerprint density at radius 3 is 2.73 bits per heavy atom. The predicted octanol–water partition coefficient (Wildman–Crippen LogP) is 3.47. The van der Waals surface area contributed by atoms with E-state index in [4.69, 9.17) is 4.74 Å². The van der Waals surface area contributed by atoms with Crippen molar-refractivity contribution in [1.29, 1.82) is 0 Å². The van der Waals surface area contributed by atoms with Gasteiger partial charge in [0.2, 0.25) is 0 Å². The molecule has 1 fully saturated rings. The molecule has 2 nitrogen and oxygen atoms in total. The summed E-state index contributed by atoms with van der Waals surface area (Å²) in [5, 5.41) is 1.07. The molecule has 0 spiro atoms. The number of rotatable bonds is 4. The van der Waals surface area contributed by atoms with E-state index >= 15 is 0 Å². The van der Waals surface area contributed by atoms with Crippen molar-refractivity contribution >= 4 is 11.8 Å². The van der Waals surface area contributed by atoms with Gasteiger partial charge in [-0.2, -0.15) is 0 Å². The molecule has 1 aliphatic carbocycles. The van der Waals surface area contributed by atoms with Gasteiger partial charge in [0.15, 0.2) is 0 Å². The second kappa shape index (κ2) is 4.44. The molecule has 1 aromatic rings. The fourth-order valence-corrected chi connectivity index (χ4v) is 1.87. The maximum atomic E-state index is 5.85. The van der Waals surface area contributed by atoms with Crippen LogP contribution in [0.5, 0.6) is 5.75 Å². The number of nitrogens with zero attached hydrogens (tertiary/aromatic N) is 1. The number of pyridine rings is 1. The summed E-state index contributed by atoms with van der Waals surface area (Å²) in [4.78, 5) is 4.36. The van der Waals surface area contributed by atoms with Crippen molar-refractivity contribution < 1.29 is 4.74 Å². The van der Waals surface area contributed by atoms with Crippen LogP contribution in [0.15, 0.2) is 17.3 Å². The van der Waals surface area contributed by atoms with Crippen LogP contribution in [0.4, 0.5) is 0 Å². The Hall–Kier alpha value is -0.700. The van der Waals surface area contributed by atoms with Crippen LogP contribution >= 0.6 is 11.8 Å². The van der Waals surface area contributed by atoms with Crippen LogP contribution in [0.2, 0.25) is 0 Å². The Bertz CT molecular complexity index is 347. The molecule has 1 aromatic heterocycles. The van der Waals surface area contributed by atoms with Crippen LogP contribution in [0, 0.1) is 0 Å². The van der Waals surface area contributed by atoms with Gasteiger partial charge in [-0.25, -0.2) is 4.98 Å². The molecule has 0 unspecified atom stereocenters. The SMILES string of the molecule is CSc1cc(C(C)C)c(OC2CC2)cn1. The van der Waals surface area contributed by atoms with Crippen molar-refractivity contribution in [3.05, 3.63) is 17.8 Å². The summed E-state index contributed by atoms with van der Waals surface area (Å²) < 4.78 is 5.85. The van der Waals surface area contributed by atoms with E-state index in [2.05, 4.69) is 24.9 Å². The van der Waals surface area contributed by atoms with Crippen LogP contribution < -0.4 is 4.74 Å². The zero-order chi connectivity index (χ0) is 10.8. The third kappa shape index (κ3) is 2.65. The Morgan fingerprint density at radius 2 is 2.20 bits per heavy atom. The van der Waals surface area contributed by atoms with Gasteiger partial charge in [-0.05, 0) is 31.1 Å². The van der Waals surface area contributed by atoms with Crippen molar-refractivity contribution in [3.8, 4) is 5.75 Å². The fourth-order valence-electron chi connectivity index (χ4n) is 1.46. The second-order valence-electron chi connectivity index (χ2n) is 4.24. The number of hydrogen-bond acceptors (Lipinski definition) is 3. The van der Waals surface area contributed by atoms with E-state index in [1.165, 1.54) is 18.4 Å². The largest absolute Gasteiger partial charge is 0.489 e. The van der Waals surface area contributed by atoms with Gasteiger partial charge in [0, 0.05) is 5.56 Å². The van der Waals surface area contributed by atoms with E-state index in [0.717, 1.165) is 10.8 Å². The molecular weight excluding hydrogens is 206 g/mol. The summed E-state index contributed by atoms with van der Waals surface area (Å²) in [6.45, 7) is 4.39. The monoisotopic (exact) mass is 223 g/mol. The molecule has 0 aromatic carbocycles. The first-order valence-corrected chi connectivity index (χ1v) is 6.63. The molecular formula is C12H17NOS. The summed E-state index contributed by atoms with van der Waals surface area (Å²) in [7, 11) is 0. The van der Waals surface area contributed by atoms with E-state index in [1.807, 2.05) is 12.5 Å².